The van der Waals surface area contributed by atoms with Crippen LogP contribution in [-0.4, -0.2) is 47.5 Å². The quantitative estimate of drug-likeness (QED) is 0.0711. The van der Waals surface area contributed by atoms with Crippen molar-refractivity contribution in [1.82, 2.24) is 0 Å². The summed E-state index contributed by atoms with van der Waals surface area (Å²) in [4.78, 5) is 0. The van der Waals surface area contributed by atoms with Crippen molar-refractivity contribution >= 4 is 75.7 Å². The predicted octanol–water partition coefficient (Wildman–Crippen LogP) is 9.26. The summed E-state index contributed by atoms with van der Waals surface area (Å²) in [6.45, 7) is 5.14. The van der Waals surface area contributed by atoms with E-state index in [1.165, 1.54) is 0 Å². The van der Waals surface area contributed by atoms with Crippen LogP contribution in [0.25, 0.3) is 0 Å². The SMILES string of the molecule is CCO[Si](O[Si](OCC)(c1ccccc1)c1ccccc1)(c1ccccc1)c1ccccc1.c1ccc(O[Si](O[Si](Oc2ccccc2)(c2ccccc2)c2ccccc2)(c2ccccc2)c2ccccc2)cc1. The van der Waals surface area contributed by atoms with E-state index in [0.29, 0.717) is 13.2 Å². The molecule has 74 heavy (non-hydrogen) atoms. The molecule has 0 saturated heterocycles. The highest BCUT2D eigenvalue weighted by Gasteiger charge is 2.58. The molecule has 10 rings (SSSR count). The summed E-state index contributed by atoms with van der Waals surface area (Å²) in [5, 5.41) is 8.27. The summed E-state index contributed by atoms with van der Waals surface area (Å²) in [5.41, 5.74) is 0. The monoisotopic (exact) mass is 1040 g/mol. The minimum absolute atomic E-state index is 0.538. The van der Waals surface area contributed by atoms with Gasteiger partial charge in [-0.3, -0.25) is 0 Å². The smallest absolute Gasteiger partial charge is 0.461 e. The second-order valence-electron chi connectivity index (χ2n) is 17.3. The Bertz CT molecular complexity index is 2800. The predicted molar refractivity (Wildman–Crippen MR) is 311 cm³/mol. The topological polar surface area (TPSA) is 55.4 Å². The van der Waals surface area contributed by atoms with Crippen molar-refractivity contribution < 1.29 is 25.9 Å². The molecule has 0 fully saturated rings. The van der Waals surface area contributed by atoms with Crippen molar-refractivity contribution in [3.8, 4) is 11.5 Å². The fourth-order valence-electron chi connectivity index (χ4n) is 9.19. The molecule has 0 aromatic heterocycles. The molecule has 10 aromatic carbocycles. The highest BCUT2D eigenvalue weighted by Crippen LogP contribution is 2.26. The Morgan fingerprint density at radius 2 is 0.378 bits per heavy atom. The van der Waals surface area contributed by atoms with E-state index in [9.17, 15) is 0 Å². The molecule has 10 heteroatoms. The zero-order chi connectivity index (χ0) is 50.8. The lowest BCUT2D eigenvalue weighted by Gasteiger charge is -2.41. The molecule has 0 saturated carbocycles. The van der Waals surface area contributed by atoms with E-state index in [1.54, 1.807) is 0 Å². The second-order valence-corrected chi connectivity index (χ2v) is 29.5. The average molecular weight is 1040 g/mol. The van der Waals surface area contributed by atoms with Crippen LogP contribution in [0, 0.1) is 0 Å². The minimum atomic E-state index is -3.51. The first-order valence-electron chi connectivity index (χ1n) is 25.1. The van der Waals surface area contributed by atoms with Gasteiger partial charge >= 0.3 is 34.2 Å². The fourth-order valence-corrected chi connectivity index (χ4v) is 26.3. The van der Waals surface area contributed by atoms with E-state index in [4.69, 9.17) is 25.9 Å². The Balaban J connectivity index is 0.000000186. The highest BCUT2D eigenvalue weighted by atomic mass is 28.5. The van der Waals surface area contributed by atoms with Crippen LogP contribution in [0.2, 0.25) is 0 Å². The molecular weight excluding hydrogens is 977 g/mol. The van der Waals surface area contributed by atoms with Crippen LogP contribution in [0.15, 0.2) is 303 Å². The first-order chi connectivity index (χ1) is 36.5. The summed E-state index contributed by atoms with van der Waals surface area (Å²) in [6, 6.07) is 103. The van der Waals surface area contributed by atoms with Crippen molar-refractivity contribution in [1.29, 1.82) is 0 Å². The molecule has 0 spiro atoms. The lowest BCUT2D eigenvalue weighted by atomic mass is 10.3. The molecule has 0 aliphatic rings. The maximum Gasteiger partial charge on any atom is 0.461 e. The third-order valence-corrected chi connectivity index (χ3v) is 28.3. The number of rotatable bonds is 20. The van der Waals surface area contributed by atoms with Crippen LogP contribution in [0.3, 0.4) is 0 Å². The molecule has 0 unspecified atom stereocenters. The number of hydrogen-bond acceptors (Lipinski definition) is 6. The van der Waals surface area contributed by atoms with Crippen LogP contribution in [0.1, 0.15) is 13.8 Å². The van der Waals surface area contributed by atoms with Gasteiger partial charge in [-0.15, -0.1) is 0 Å². The first kappa shape index (κ1) is 51.4. The van der Waals surface area contributed by atoms with E-state index in [1.807, 2.05) is 172 Å². The van der Waals surface area contributed by atoms with Crippen molar-refractivity contribution in [2.45, 2.75) is 13.8 Å². The minimum Gasteiger partial charge on any atom is -0.514 e. The summed E-state index contributed by atoms with van der Waals surface area (Å²) in [7, 11) is -13.3. The van der Waals surface area contributed by atoms with Gasteiger partial charge in [0.05, 0.1) is 0 Å². The number of benzene rings is 10. The van der Waals surface area contributed by atoms with Crippen LogP contribution >= 0.6 is 0 Å². The first-order valence-corrected chi connectivity index (χ1v) is 32.4. The van der Waals surface area contributed by atoms with Gasteiger partial charge in [0, 0.05) is 34.0 Å². The maximum absolute atomic E-state index is 7.81. The fraction of sp³-hybridized carbons (Fsp3) is 0.0625. The Morgan fingerprint density at radius 3 is 0.568 bits per heavy atom. The van der Waals surface area contributed by atoms with Gasteiger partial charge in [0.1, 0.15) is 11.5 Å². The van der Waals surface area contributed by atoms with Crippen molar-refractivity contribution in [2.75, 3.05) is 13.2 Å². The molecule has 0 aliphatic heterocycles. The van der Waals surface area contributed by atoms with Crippen LogP contribution < -0.4 is 50.3 Å². The van der Waals surface area contributed by atoms with E-state index in [0.717, 1.165) is 53.0 Å². The van der Waals surface area contributed by atoms with Crippen LogP contribution in [0.4, 0.5) is 0 Å². The van der Waals surface area contributed by atoms with Gasteiger partial charge in [-0.2, -0.15) is 0 Å². The Morgan fingerprint density at radius 1 is 0.216 bits per heavy atom. The van der Waals surface area contributed by atoms with Gasteiger partial charge in [-0.25, -0.2) is 0 Å². The molecule has 0 radical (unpaired) electrons. The number of hydrogen-bond donors (Lipinski definition) is 0. The summed E-state index contributed by atoms with van der Waals surface area (Å²) < 4.78 is 43.1. The summed E-state index contributed by atoms with van der Waals surface area (Å²) in [5.74, 6) is 1.49. The van der Waals surface area contributed by atoms with E-state index in [-0.39, 0.29) is 0 Å². The van der Waals surface area contributed by atoms with Crippen LogP contribution in [0.5, 0.6) is 11.5 Å². The molecule has 0 amide bonds. The molecule has 0 bridgehead atoms. The zero-order valence-electron chi connectivity index (χ0n) is 41.7. The molecule has 6 nitrogen and oxygen atoms in total. The number of para-hydroxylation sites is 2. The van der Waals surface area contributed by atoms with Gasteiger partial charge in [-0.1, -0.05) is 279 Å². The Kier molecular flexibility index (Phi) is 17.3. The van der Waals surface area contributed by atoms with E-state index in [2.05, 4.69) is 146 Å². The van der Waals surface area contributed by atoms with E-state index >= 15 is 0 Å². The average Bonchev–Trinajstić information content (AvgIpc) is 3.49. The molecule has 0 heterocycles. The molecular formula is C64H60O6Si4. The normalized spacial score (nSPS) is 11.7. The summed E-state index contributed by atoms with van der Waals surface area (Å²) in [6.07, 6.45) is 0. The molecule has 0 aliphatic carbocycles. The third-order valence-electron chi connectivity index (χ3n) is 12.5. The molecule has 368 valence electrons. The molecule has 10 aromatic rings. The largest absolute Gasteiger partial charge is 0.514 e. The second kappa shape index (κ2) is 25.0. The maximum atomic E-state index is 7.81. The third kappa shape index (κ3) is 11.5. The van der Waals surface area contributed by atoms with Gasteiger partial charge in [0.15, 0.2) is 0 Å². The lowest BCUT2D eigenvalue weighted by molar-refractivity contribution is 0.225. The Hall–Kier alpha value is -7.49. The van der Waals surface area contributed by atoms with Gasteiger partial charge < -0.3 is 25.9 Å². The van der Waals surface area contributed by atoms with Crippen molar-refractivity contribution in [2.24, 2.45) is 0 Å². The van der Waals surface area contributed by atoms with E-state index < -0.39 is 34.2 Å². The van der Waals surface area contributed by atoms with Gasteiger partial charge in [0.2, 0.25) is 0 Å². The van der Waals surface area contributed by atoms with Gasteiger partial charge in [0.25, 0.3) is 0 Å². The van der Waals surface area contributed by atoms with Crippen LogP contribution in [-0.2, 0) is 17.1 Å². The van der Waals surface area contributed by atoms with Crippen molar-refractivity contribution in [3.05, 3.63) is 303 Å². The zero-order valence-corrected chi connectivity index (χ0v) is 45.7. The molecule has 0 N–H and O–H groups in total. The highest BCUT2D eigenvalue weighted by molar-refractivity contribution is 7.05. The lowest BCUT2D eigenvalue weighted by Crippen LogP contribution is -2.77. The summed E-state index contributed by atoms with van der Waals surface area (Å²) >= 11 is 0. The van der Waals surface area contributed by atoms with Gasteiger partial charge in [-0.05, 0) is 58.9 Å². The van der Waals surface area contributed by atoms with Crippen molar-refractivity contribution in [3.63, 3.8) is 0 Å². The Labute approximate surface area is 441 Å². The molecule has 0 atom stereocenters. The standard InChI is InChI=1S/C36H30O3Si2.C28H30O3Si2/c1-7-19-31(20-8-1)37-40(33-23-11-3-12-24-33,34-25-13-4-14-26-34)39-41(35-27-15-5-16-28-35,36-29-17-6-18-30-36)38-32-21-9-2-10-22-32;1-3-29-32(25-17-9-5-10-18-25,26-19-11-6-12-20-26)31-33(30-4-2,27-21-13-7-14-22-27)28-23-15-8-16-24-28/h1-30H;5-24H,3-4H2,1-2H3.